The molecule has 0 aliphatic carbocycles. The zero-order valence-electron chi connectivity index (χ0n) is 11.4. The second-order valence-electron chi connectivity index (χ2n) is 4.38. The minimum absolute atomic E-state index is 0.100. The normalized spacial score (nSPS) is 10.4. The molecule has 2 rings (SSSR count). The molecule has 0 saturated carbocycles. The van der Waals surface area contributed by atoms with Gasteiger partial charge < -0.3 is 10.1 Å². The van der Waals surface area contributed by atoms with E-state index in [1.165, 1.54) is 17.5 Å². The van der Waals surface area contributed by atoms with Gasteiger partial charge in [0.15, 0.2) is 5.13 Å². The van der Waals surface area contributed by atoms with Crippen molar-refractivity contribution < 1.29 is 9.53 Å². The van der Waals surface area contributed by atoms with Crippen molar-refractivity contribution in [1.29, 1.82) is 0 Å². The molecule has 2 aromatic rings. The molecule has 4 nitrogen and oxygen atoms in total. The average Bonchev–Trinajstić information content (AvgIpc) is 2.84. The highest BCUT2D eigenvalue weighted by atomic mass is 35.5. The molecule has 0 spiro atoms. The summed E-state index contributed by atoms with van der Waals surface area (Å²) in [6.45, 7) is 2.38. The van der Waals surface area contributed by atoms with Crippen molar-refractivity contribution in [2.75, 3.05) is 11.9 Å². The van der Waals surface area contributed by atoms with Crippen LogP contribution in [0.2, 0.25) is 9.36 Å². The summed E-state index contributed by atoms with van der Waals surface area (Å²) in [6.07, 6.45) is 2.49. The van der Waals surface area contributed by atoms with Gasteiger partial charge in [0.1, 0.15) is 10.1 Å². The smallest absolute Gasteiger partial charge is 0.226 e. The Kier molecular flexibility index (Phi) is 5.85. The van der Waals surface area contributed by atoms with E-state index in [4.69, 9.17) is 27.9 Å². The molecule has 0 unspecified atom stereocenters. The van der Waals surface area contributed by atoms with Crippen LogP contribution in [0.1, 0.15) is 18.4 Å². The fraction of sp³-hybridized carbons (Fsp3) is 0.286. The minimum Gasteiger partial charge on any atom is -0.494 e. The standard InChI is InChI=1S/C14H14Cl2N2O2S/c1-9-7-10(4-5-11(9)15)20-6-2-3-13(19)18-14-17-8-12(16)21-14/h4-5,7-8H,2-3,6H2,1H3,(H,17,18,19). The van der Waals surface area contributed by atoms with E-state index < -0.39 is 0 Å². The number of nitrogens with one attached hydrogen (secondary N) is 1. The van der Waals surface area contributed by atoms with Crippen LogP contribution in [0.15, 0.2) is 24.4 Å². The molecule has 1 aromatic heterocycles. The van der Waals surface area contributed by atoms with Crippen molar-refractivity contribution in [2.45, 2.75) is 19.8 Å². The molecule has 1 aromatic carbocycles. The van der Waals surface area contributed by atoms with Crippen LogP contribution in [0.4, 0.5) is 5.13 Å². The molecule has 112 valence electrons. The predicted octanol–water partition coefficient (Wildman–Crippen LogP) is 4.56. The van der Waals surface area contributed by atoms with Crippen molar-refractivity contribution in [3.8, 4) is 5.75 Å². The third kappa shape index (κ3) is 5.19. The van der Waals surface area contributed by atoms with E-state index in [1.54, 1.807) is 6.07 Å². The number of aryl methyl sites for hydroxylation is 1. The van der Waals surface area contributed by atoms with Crippen molar-refractivity contribution in [1.82, 2.24) is 4.98 Å². The van der Waals surface area contributed by atoms with Gasteiger partial charge in [0.2, 0.25) is 5.91 Å². The molecule has 0 radical (unpaired) electrons. The van der Waals surface area contributed by atoms with E-state index >= 15 is 0 Å². The van der Waals surface area contributed by atoms with Gasteiger partial charge in [0, 0.05) is 11.4 Å². The van der Waals surface area contributed by atoms with E-state index in [0.717, 1.165) is 11.3 Å². The van der Waals surface area contributed by atoms with Crippen LogP contribution >= 0.6 is 34.5 Å². The number of carbonyl (C=O) groups is 1. The molecule has 0 saturated heterocycles. The zero-order chi connectivity index (χ0) is 15.2. The lowest BCUT2D eigenvalue weighted by Gasteiger charge is -2.07. The van der Waals surface area contributed by atoms with Gasteiger partial charge in [-0.3, -0.25) is 4.79 Å². The van der Waals surface area contributed by atoms with Crippen LogP contribution in [0.25, 0.3) is 0 Å². The van der Waals surface area contributed by atoms with E-state index in [1.807, 2.05) is 19.1 Å². The Morgan fingerprint density at radius 2 is 2.24 bits per heavy atom. The Labute approximate surface area is 137 Å². The first-order chi connectivity index (χ1) is 10.0. The summed E-state index contributed by atoms with van der Waals surface area (Å²) < 4.78 is 6.12. The number of ether oxygens (including phenoxy) is 1. The number of thiazole rings is 1. The van der Waals surface area contributed by atoms with Gasteiger partial charge in [-0.2, -0.15) is 0 Å². The third-order valence-corrected chi connectivity index (χ3v) is 4.12. The topological polar surface area (TPSA) is 51.2 Å². The maximum atomic E-state index is 11.7. The third-order valence-electron chi connectivity index (χ3n) is 2.67. The lowest BCUT2D eigenvalue weighted by Crippen LogP contribution is -2.12. The first-order valence-corrected chi connectivity index (χ1v) is 7.92. The van der Waals surface area contributed by atoms with Crippen LogP contribution in [0.5, 0.6) is 5.75 Å². The second kappa shape index (κ2) is 7.64. The van der Waals surface area contributed by atoms with E-state index in [2.05, 4.69) is 10.3 Å². The van der Waals surface area contributed by atoms with Crippen molar-refractivity contribution >= 4 is 45.6 Å². The number of anilines is 1. The van der Waals surface area contributed by atoms with E-state index in [0.29, 0.717) is 33.9 Å². The predicted molar refractivity (Wildman–Crippen MR) is 86.7 cm³/mol. The zero-order valence-corrected chi connectivity index (χ0v) is 13.7. The molecule has 0 aliphatic rings. The van der Waals surface area contributed by atoms with E-state index in [-0.39, 0.29) is 5.91 Å². The molecule has 1 N–H and O–H groups in total. The summed E-state index contributed by atoms with van der Waals surface area (Å²) in [6, 6.07) is 5.48. The highest BCUT2D eigenvalue weighted by molar-refractivity contribution is 7.19. The molecular weight excluding hydrogens is 331 g/mol. The number of aromatic nitrogens is 1. The van der Waals surface area contributed by atoms with Crippen molar-refractivity contribution in [3.05, 3.63) is 39.3 Å². The number of halogens is 2. The van der Waals surface area contributed by atoms with Gasteiger partial charge in [0.25, 0.3) is 0 Å². The summed E-state index contributed by atoms with van der Waals surface area (Å²) in [4.78, 5) is 15.6. The maximum Gasteiger partial charge on any atom is 0.226 e. The van der Waals surface area contributed by atoms with Gasteiger partial charge in [-0.15, -0.1) is 0 Å². The number of nitrogens with zero attached hydrogens (tertiary/aromatic N) is 1. The largest absolute Gasteiger partial charge is 0.494 e. The maximum absolute atomic E-state index is 11.7. The molecule has 0 atom stereocenters. The first-order valence-electron chi connectivity index (χ1n) is 6.35. The second-order valence-corrected chi connectivity index (χ2v) is 6.45. The molecule has 0 fully saturated rings. The number of amides is 1. The monoisotopic (exact) mass is 344 g/mol. The molecule has 0 aliphatic heterocycles. The van der Waals surface area contributed by atoms with Crippen LogP contribution in [-0.4, -0.2) is 17.5 Å². The van der Waals surface area contributed by atoms with E-state index in [9.17, 15) is 4.79 Å². The highest BCUT2D eigenvalue weighted by Crippen LogP contribution is 2.23. The Bertz CT molecular complexity index is 631. The van der Waals surface area contributed by atoms with Gasteiger partial charge in [-0.1, -0.05) is 34.5 Å². The molecule has 21 heavy (non-hydrogen) atoms. The summed E-state index contributed by atoms with van der Waals surface area (Å²) in [7, 11) is 0. The summed E-state index contributed by atoms with van der Waals surface area (Å²) >= 11 is 12.9. The fourth-order valence-electron chi connectivity index (χ4n) is 1.62. The van der Waals surface area contributed by atoms with Gasteiger partial charge in [0.05, 0.1) is 12.8 Å². The number of benzene rings is 1. The summed E-state index contributed by atoms with van der Waals surface area (Å²) in [5, 5.41) is 3.91. The molecule has 7 heteroatoms. The lowest BCUT2D eigenvalue weighted by molar-refractivity contribution is -0.116. The Morgan fingerprint density at radius 3 is 2.90 bits per heavy atom. The molecule has 1 heterocycles. The Hall–Kier alpha value is -1.30. The van der Waals surface area contributed by atoms with Gasteiger partial charge in [-0.25, -0.2) is 4.98 Å². The highest BCUT2D eigenvalue weighted by Gasteiger charge is 2.06. The van der Waals surface area contributed by atoms with Crippen molar-refractivity contribution in [2.24, 2.45) is 0 Å². The lowest BCUT2D eigenvalue weighted by atomic mass is 10.2. The average molecular weight is 345 g/mol. The van der Waals surface area contributed by atoms with Crippen LogP contribution < -0.4 is 10.1 Å². The SMILES string of the molecule is Cc1cc(OCCCC(=O)Nc2ncc(Cl)s2)ccc1Cl. The van der Waals surface area contributed by atoms with Crippen LogP contribution in [-0.2, 0) is 4.79 Å². The number of hydrogen-bond donors (Lipinski definition) is 1. The first kappa shape index (κ1) is 16.1. The Morgan fingerprint density at radius 1 is 1.43 bits per heavy atom. The number of rotatable bonds is 6. The molecular formula is C14H14Cl2N2O2S. The molecule has 1 amide bonds. The van der Waals surface area contributed by atoms with Crippen LogP contribution in [0, 0.1) is 6.92 Å². The van der Waals surface area contributed by atoms with Gasteiger partial charge >= 0.3 is 0 Å². The summed E-state index contributed by atoms with van der Waals surface area (Å²) in [5.41, 5.74) is 0.965. The quantitative estimate of drug-likeness (QED) is 0.781. The van der Waals surface area contributed by atoms with Crippen LogP contribution in [0.3, 0.4) is 0 Å². The van der Waals surface area contributed by atoms with Crippen molar-refractivity contribution in [3.63, 3.8) is 0 Å². The molecule has 0 bridgehead atoms. The summed E-state index contributed by atoms with van der Waals surface area (Å²) in [5.74, 6) is 0.654. The Balaban J connectivity index is 1.69. The number of carbonyl (C=O) groups excluding carboxylic acids is 1. The number of hydrogen-bond acceptors (Lipinski definition) is 4. The minimum atomic E-state index is -0.100. The van der Waals surface area contributed by atoms with Gasteiger partial charge in [-0.05, 0) is 37.1 Å². The fourth-order valence-corrected chi connectivity index (χ4v) is 2.57.